The topological polar surface area (TPSA) is 69.7 Å². The van der Waals surface area contributed by atoms with Gasteiger partial charge in [0, 0.05) is 32.9 Å². The summed E-state index contributed by atoms with van der Waals surface area (Å²) in [4.78, 5) is 14.7. The highest BCUT2D eigenvalue weighted by molar-refractivity contribution is 7.89. The molecular formula is C23H31N3O3S. The van der Waals surface area contributed by atoms with Crippen molar-refractivity contribution in [2.24, 2.45) is 0 Å². The average molecular weight is 430 g/mol. The van der Waals surface area contributed by atoms with Gasteiger partial charge in [-0.05, 0) is 43.0 Å². The molecule has 1 aliphatic heterocycles. The molecule has 30 heavy (non-hydrogen) atoms. The van der Waals surface area contributed by atoms with Crippen LogP contribution in [0, 0.1) is 6.92 Å². The third-order valence-electron chi connectivity index (χ3n) is 5.50. The molecule has 0 radical (unpaired) electrons. The van der Waals surface area contributed by atoms with Gasteiger partial charge in [0.2, 0.25) is 15.9 Å². The number of hydrogen-bond donors (Lipinski definition) is 1. The molecule has 0 saturated carbocycles. The lowest BCUT2D eigenvalue weighted by Crippen LogP contribution is -2.33. The molecule has 1 N–H and O–H groups in total. The molecule has 1 fully saturated rings. The predicted molar refractivity (Wildman–Crippen MR) is 120 cm³/mol. The van der Waals surface area contributed by atoms with E-state index in [1.54, 1.807) is 30.5 Å². The Morgan fingerprint density at radius 2 is 1.63 bits per heavy atom. The van der Waals surface area contributed by atoms with Crippen LogP contribution in [0.3, 0.4) is 0 Å². The quantitative estimate of drug-likeness (QED) is 0.758. The van der Waals surface area contributed by atoms with Gasteiger partial charge in [-0.1, -0.05) is 49.2 Å². The Morgan fingerprint density at radius 3 is 2.23 bits per heavy atom. The van der Waals surface area contributed by atoms with Crippen LogP contribution in [0.1, 0.15) is 42.9 Å². The lowest BCUT2D eigenvalue weighted by molar-refractivity contribution is -0.129. The molecule has 2 aromatic carbocycles. The van der Waals surface area contributed by atoms with Crippen molar-refractivity contribution in [3.63, 3.8) is 0 Å². The molecule has 1 saturated heterocycles. The van der Waals surface area contributed by atoms with Crippen molar-refractivity contribution in [1.82, 2.24) is 9.21 Å². The fraction of sp³-hybridized carbons (Fsp3) is 0.435. The molecule has 0 spiro atoms. The minimum Gasteiger partial charge on any atom is -0.370 e. The van der Waals surface area contributed by atoms with Crippen LogP contribution >= 0.6 is 0 Å². The van der Waals surface area contributed by atoms with Crippen LogP contribution in [0.15, 0.2) is 53.4 Å². The van der Waals surface area contributed by atoms with Crippen molar-refractivity contribution in [3.05, 3.63) is 59.7 Å². The zero-order chi connectivity index (χ0) is 21.7. The minimum atomic E-state index is -3.58. The number of amides is 1. The maximum absolute atomic E-state index is 13.3. The van der Waals surface area contributed by atoms with Gasteiger partial charge in [-0.2, -0.15) is 4.31 Å². The van der Waals surface area contributed by atoms with Crippen LogP contribution in [0.25, 0.3) is 0 Å². The third-order valence-corrected chi connectivity index (χ3v) is 7.54. The minimum absolute atomic E-state index is 0.0984. The predicted octanol–water partition coefficient (Wildman–Crippen LogP) is 3.80. The van der Waals surface area contributed by atoms with Gasteiger partial charge in [0.25, 0.3) is 0 Å². The summed E-state index contributed by atoms with van der Waals surface area (Å²) in [6.07, 6.45) is 3.92. The largest absolute Gasteiger partial charge is 0.370 e. The van der Waals surface area contributed by atoms with E-state index >= 15 is 0 Å². The average Bonchev–Trinajstić information content (AvgIpc) is 3.03. The highest BCUT2D eigenvalue weighted by Gasteiger charge is 2.28. The standard InChI is InChI=1S/C23H31N3O3S/c1-18-13-14-20(17-21(18)30(28,29)26-15-9-4-5-10-16-26)24-22(23(27)25(2)3)19-11-7-6-8-12-19/h6-8,11-14,17,22,24H,4-5,9-10,15-16H2,1-3H3/t22-/m0/s1. The van der Waals surface area contributed by atoms with E-state index in [-0.39, 0.29) is 5.91 Å². The summed E-state index contributed by atoms with van der Waals surface area (Å²) in [5.74, 6) is -0.0984. The number of carbonyl (C=O) groups is 1. The Morgan fingerprint density at radius 1 is 1.00 bits per heavy atom. The molecule has 3 rings (SSSR count). The van der Waals surface area contributed by atoms with E-state index < -0.39 is 16.1 Å². The summed E-state index contributed by atoms with van der Waals surface area (Å²) < 4.78 is 28.3. The van der Waals surface area contributed by atoms with E-state index in [1.165, 1.54) is 4.90 Å². The zero-order valence-corrected chi connectivity index (χ0v) is 18.8. The van der Waals surface area contributed by atoms with E-state index in [9.17, 15) is 13.2 Å². The van der Waals surface area contributed by atoms with Crippen LogP contribution in [0.2, 0.25) is 0 Å². The second-order valence-corrected chi connectivity index (χ2v) is 9.93. The fourth-order valence-corrected chi connectivity index (χ4v) is 5.51. The first-order valence-corrected chi connectivity index (χ1v) is 11.9. The molecule has 0 unspecified atom stereocenters. The normalized spacial score (nSPS) is 16.5. The lowest BCUT2D eigenvalue weighted by atomic mass is 10.1. The van der Waals surface area contributed by atoms with Crippen LogP contribution in [-0.2, 0) is 14.8 Å². The van der Waals surface area contributed by atoms with Crippen molar-refractivity contribution >= 4 is 21.6 Å². The number of nitrogens with one attached hydrogen (secondary N) is 1. The van der Waals surface area contributed by atoms with E-state index in [0.29, 0.717) is 29.2 Å². The summed E-state index contributed by atoms with van der Waals surface area (Å²) in [5.41, 5.74) is 2.15. The Labute approximate surface area is 179 Å². The first-order chi connectivity index (χ1) is 14.3. The van der Waals surface area contributed by atoms with E-state index in [4.69, 9.17) is 0 Å². The van der Waals surface area contributed by atoms with Gasteiger partial charge in [-0.15, -0.1) is 0 Å². The van der Waals surface area contributed by atoms with Crippen molar-refractivity contribution < 1.29 is 13.2 Å². The highest BCUT2D eigenvalue weighted by atomic mass is 32.2. The van der Waals surface area contributed by atoms with E-state index in [2.05, 4.69) is 5.32 Å². The van der Waals surface area contributed by atoms with E-state index in [0.717, 1.165) is 31.2 Å². The Kier molecular flexibility index (Phi) is 7.15. The van der Waals surface area contributed by atoms with Gasteiger partial charge in [-0.3, -0.25) is 4.79 Å². The van der Waals surface area contributed by atoms with E-state index in [1.807, 2.05) is 43.3 Å². The number of likely N-dealkylation sites (N-methyl/N-ethyl adjacent to an activating group) is 1. The number of rotatable bonds is 6. The first-order valence-electron chi connectivity index (χ1n) is 10.4. The number of sulfonamides is 1. The molecular weight excluding hydrogens is 398 g/mol. The van der Waals surface area contributed by atoms with Crippen LogP contribution < -0.4 is 5.32 Å². The Bertz CT molecular complexity index is 966. The van der Waals surface area contributed by atoms with Crippen molar-refractivity contribution in [2.75, 3.05) is 32.5 Å². The van der Waals surface area contributed by atoms with Crippen molar-refractivity contribution in [1.29, 1.82) is 0 Å². The molecule has 1 amide bonds. The second kappa shape index (κ2) is 9.62. The number of aryl methyl sites for hydroxylation is 1. The molecule has 162 valence electrons. The molecule has 7 heteroatoms. The monoisotopic (exact) mass is 429 g/mol. The molecule has 2 aromatic rings. The van der Waals surface area contributed by atoms with Crippen LogP contribution in [0.4, 0.5) is 5.69 Å². The van der Waals surface area contributed by atoms with Gasteiger partial charge in [0.1, 0.15) is 6.04 Å². The molecule has 1 atom stereocenters. The number of benzene rings is 2. The summed E-state index contributed by atoms with van der Waals surface area (Å²) in [6.45, 7) is 2.94. The van der Waals surface area contributed by atoms with Gasteiger partial charge >= 0.3 is 0 Å². The molecule has 0 aromatic heterocycles. The van der Waals surface area contributed by atoms with Crippen LogP contribution in [-0.4, -0.2) is 50.7 Å². The van der Waals surface area contributed by atoms with Crippen LogP contribution in [0.5, 0.6) is 0 Å². The second-order valence-electron chi connectivity index (χ2n) is 8.02. The van der Waals surface area contributed by atoms with Crippen molar-refractivity contribution in [2.45, 2.75) is 43.5 Å². The molecule has 0 bridgehead atoms. The maximum Gasteiger partial charge on any atom is 0.249 e. The Balaban J connectivity index is 1.94. The zero-order valence-electron chi connectivity index (χ0n) is 18.0. The SMILES string of the molecule is Cc1ccc(N[C@H](C(=O)N(C)C)c2ccccc2)cc1S(=O)(=O)N1CCCCCC1. The van der Waals surface area contributed by atoms with Gasteiger partial charge < -0.3 is 10.2 Å². The smallest absolute Gasteiger partial charge is 0.249 e. The molecule has 1 heterocycles. The summed E-state index contributed by atoms with van der Waals surface area (Å²) in [6, 6.07) is 14.1. The lowest BCUT2D eigenvalue weighted by Gasteiger charge is -2.25. The first kappa shape index (κ1) is 22.3. The van der Waals surface area contributed by atoms with Gasteiger partial charge in [-0.25, -0.2) is 8.42 Å². The fourth-order valence-electron chi connectivity index (χ4n) is 3.75. The summed E-state index contributed by atoms with van der Waals surface area (Å²) in [7, 11) is -0.152. The van der Waals surface area contributed by atoms with Gasteiger partial charge in [0.15, 0.2) is 0 Å². The maximum atomic E-state index is 13.3. The number of nitrogens with zero attached hydrogens (tertiary/aromatic N) is 2. The summed E-state index contributed by atoms with van der Waals surface area (Å²) in [5, 5.41) is 3.26. The van der Waals surface area contributed by atoms with Crippen molar-refractivity contribution in [3.8, 4) is 0 Å². The number of hydrogen-bond acceptors (Lipinski definition) is 4. The molecule has 1 aliphatic rings. The highest BCUT2D eigenvalue weighted by Crippen LogP contribution is 2.28. The number of carbonyl (C=O) groups excluding carboxylic acids is 1. The molecule has 0 aliphatic carbocycles. The van der Waals surface area contributed by atoms with Gasteiger partial charge in [0.05, 0.1) is 4.90 Å². The summed E-state index contributed by atoms with van der Waals surface area (Å²) >= 11 is 0. The third kappa shape index (κ3) is 5.02. The number of anilines is 1. The Hall–Kier alpha value is -2.38. The molecule has 6 nitrogen and oxygen atoms in total.